The molecule has 1 aliphatic carbocycles. The van der Waals surface area contributed by atoms with Gasteiger partial charge in [-0.05, 0) is 67.0 Å². The van der Waals surface area contributed by atoms with E-state index in [1.54, 1.807) is 11.1 Å². The van der Waals surface area contributed by atoms with Crippen molar-refractivity contribution in [2.75, 3.05) is 19.6 Å². The second-order valence-corrected chi connectivity index (χ2v) is 11.4. The summed E-state index contributed by atoms with van der Waals surface area (Å²) < 4.78 is 57.1. The molecule has 3 saturated heterocycles. The number of pyridine rings is 1. The first-order valence-corrected chi connectivity index (χ1v) is 13.2. The summed E-state index contributed by atoms with van der Waals surface area (Å²) in [7, 11) is 0. The number of benzene rings is 1. The van der Waals surface area contributed by atoms with Crippen LogP contribution in [0.25, 0.3) is 0 Å². The van der Waals surface area contributed by atoms with Gasteiger partial charge in [-0.25, -0.2) is 27.8 Å². The minimum atomic E-state index is -3.02. The molecule has 6 rings (SSSR count). The summed E-state index contributed by atoms with van der Waals surface area (Å²) >= 11 is 0. The van der Waals surface area contributed by atoms with Gasteiger partial charge in [-0.2, -0.15) is 0 Å². The molecule has 38 heavy (non-hydrogen) atoms. The van der Waals surface area contributed by atoms with E-state index >= 15 is 0 Å². The van der Waals surface area contributed by atoms with Crippen LogP contribution < -0.4 is 16.2 Å². The van der Waals surface area contributed by atoms with Crippen molar-refractivity contribution >= 4 is 6.03 Å². The summed E-state index contributed by atoms with van der Waals surface area (Å²) in [6, 6.07) is 6.42. The van der Waals surface area contributed by atoms with E-state index in [0.717, 1.165) is 42.3 Å². The van der Waals surface area contributed by atoms with Gasteiger partial charge >= 0.3 is 6.03 Å². The summed E-state index contributed by atoms with van der Waals surface area (Å²) in [5.41, 5.74) is 9.22. The molecule has 204 valence electrons. The molecular formula is C27H32F4N6O. The number of halogens is 4. The number of alkyl halides is 2. The molecule has 2 aromatic rings. The number of carbonyl (C=O) groups excluding carboxylic acids is 1. The highest BCUT2D eigenvalue weighted by Crippen LogP contribution is 2.42. The molecule has 4 heterocycles. The zero-order valence-corrected chi connectivity index (χ0v) is 21.1. The van der Waals surface area contributed by atoms with Gasteiger partial charge in [0, 0.05) is 56.1 Å². The Bertz CT molecular complexity index is 1190. The van der Waals surface area contributed by atoms with Crippen LogP contribution in [0.3, 0.4) is 0 Å². The lowest BCUT2D eigenvalue weighted by Gasteiger charge is -2.50. The number of likely N-dealkylation sites (tertiary alicyclic amines) is 1. The molecule has 1 aromatic carbocycles. The third-order valence-corrected chi connectivity index (χ3v) is 8.53. The van der Waals surface area contributed by atoms with E-state index in [2.05, 4.69) is 27.2 Å². The summed E-state index contributed by atoms with van der Waals surface area (Å²) in [6.45, 7) is 2.05. The first-order valence-electron chi connectivity index (χ1n) is 13.2. The number of aryl methyl sites for hydroxylation is 1. The SMILES string of the molecule is Cc1cc(C2NNC3CC4NC(=O)N(C5CN(Cc6cc(F)cc(F)c6)CC(F)(F)C5)CC4CC32)ccn1. The second kappa shape index (κ2) is 9.77. The van der Waals surface area contributed by atoms with Crippen LogP contribution in [-0.2, 0) is 6.54 Å². The van der Waals surface area contributed by atoms with Crippen LogP contribution in [0.15, 0.2) is 36.5 Å². The Labute approximate surface area is 218 Å². The first-order chi connectivity index (χ1) is 18.1. The molecule has 6 atom stereocenters. The van der Waals surface area contributed by atoms with Crippen LogP contribution in [0.1, 0.15) is 42.1 Å². The first kappa shape index (κ1) is 25.5. The number of hydrogen-bond acceptors (Lipinski definition) is 5. The molecule has 2 amide bonds. The van der Waals surface area contributed by atoms with Gasteiger partial charge in [-0.3, -0.25) is 15.3 Å². The topological polar surface area (TPSA) is 72.5 Å². The summed E-state index contributed by atoms with van der Waals surface area (Å²) in [5, 5.41) is 3.10. The zero-order chi connectivity index (χ0) is 26.6. The van der Waals surface area contributed by atoms with Crippen molar-refractivity contribution in [3.63, 3.8) is 0 Å². The Kier molecular flexibility index (Phi) is 6.56. The highest BCUT2D eigenvalue weighted by atomic mass is 19.3. The molecule has 0 radical (unpaired) electrons. The van der Waals surface area contributed by atoms with Gasteiger partial charge in [0.15, 0.2) is 0 Å². The number of nitrogens with zero attached hydrogens (tertiary/aromatic N) is 3. The van der Waals surface area contributed by atoms with Crippen LogP contribution in [-0.4, -0.2) is 64.5 Å². The number of piperidine rings is 1. The number of rotatable bonds is 4. The molecule has 11 heteroatoms. The van der Waals surface area contributed by atoms with Gasteiger partial charge < -0.3 is 10.2 Å². The Morgan fingerprint density at radius 1 is 1.05 bits per heavy atom. The molecule has 0 bridgehead atoms. The Balaban J connectivity index is 1.17. The average Bonchev–Trinajstić information content (AvgIpc) is 3.23. The van der Waals surface area contributed by atoms with Gasteiger partial charge in [0.25, 0.3) is 5.92 Å². The van der Waals surface area contributed by atoms with E-state index < -0.39 is 36.6 Å². The summed E-state index contributed by atoms with van der Waals surface area (Å²) in [6.07, 6.45) is 2.98. The number of hydrazine groups is 1. The van der Waals surface area contributed by atoms with Crippen LogP contribution in [0, 0.1) is 30.4 Å². The maximum Gasteiger partial charge on any atom is 0.317 e. The lowest BCUT2D eigenvalue weighted by Crippen LogP contribution is -2.66. The normalized spacial score (nSPS) is 33.0. The van der Waals surface area contributed by atoms with E-state index in [-0.39, 0.29) is 43.2 Å². The van der Waals surface area contributed by atoms with Crippen LogP contribution in [0.4, 0.5) is 22.4 Å². The van der Waals surface area contributed by atoms with Crippen molar-refractivity contribution in [1.29, 1.82) is 0 Å². The number of carbonyl (C=O) groups is 1. The Hall–Kier alpha value is -2.76. The van der Waals surface area contributed by atoms with Gasteiger partial charge in [-0.1, -0.05) is 0 Å². The number of hydrogen-bond donors (Lipinski definition) is 3. The van der Waals surface area contributed by atoms with Crippen molar-refractivity contribution in [2.45, 2.75) is 62.8 Å². The van der Waals surface area contributed by atoms with Gasteiger partial charge in [0.1, 0.15) is 11.6 Å². The number of nitrogens with one attached hydrogen (secondary N) is 3. The monoisotopic (exact) mass is 532 g/mol. The van der Waals surface area contributed by atoms with Crippen LogP contribution in [0.2, 0.25) is 0 Å². The number of amides is 2. The summed E-state index contributed by atoms with van der Waals surface area (Å²) in [5.74, 6) is -4.08. The molecule has 3 aliphatic heterocycles. The molecule has 1 aromatic heterocycles. The highest BCUT2D eigenvalue weighted by molar-refractivity contribution is 5.76. The molecule has 1 saturated carbocycles. The maximum atomic E-state index is 14.9. The third-order valence-electron chi connectivity index (χ3n) is 8.53. The van der Waals surface area contributed by atoms with E-state index in [4.69, 9.17) is 0 Å². The summed E-state index contributed by atoms with van der Waals surface area (Å²) in [4.78, 5) is 20.5. The van der Waals surface area contributed by atoms with Crippen LogP contribution >= 0.6 is 0 Å². The Morgan fingerprint density at radius 3 is 2.61 bits per heavy atom. The molecule has 4 aliphatic rings. The van der Waals surface area contributed by atoms with Crippen molar-refractivity contribution in [1.82, 2.24) is 31.0 Å². The van der Waals surface area contributed by atoms with Gasteiger partial charge in [-0.15, -0.1) is 0 Å². The molecule has 7 nitrogen and oxygen atoms in total. The quantitative estimate of drug-likeness (QED) is 0.526. The molecule has 4 fully saturated rings. The van der Waals surface area contributed by atoms with E-state index in [9.17, 15) is 22.4 Å². The number of urea groups is 1. The van der Waals surface area contributed by atoms with Gasteiger partial charge in [0.05, 0.1) is 18.6 Å². The Morgan fingerprint density at radius 2 is 1.84 bits per heavy atom. The third kappa shape index (κ3) is 5.11. The predicted molar refractivity (Wildman–Crippen MR) is 132 cm³/mol. The van der Waals surface area contributed by atoms with Crippen molar-refractivity contribution in [3.8, 4) is 0 Å². The predicted octanol–water partition coefficient (Wildman–Crippen LogP) is 3.52. The fourth-order valence-corrected chi connectivity index (χ4v) is 6.97. The van der Waals surface area contributed by atoms with Crippen molar-refractivity contribution < 1.29 is 22.4 Å². The smallest absolute Gasteiger partial charge is 0.317 e. The average molecular weight is 533 g/mol. The largest absolute Gasteiger partial charge is 0.335 e. The lowest BCUT2D eigenvalue weighted by molar-refractivity contribution is -0.0947. The molecule has 3 N–H and O–H groups in total. The molecule has 6 unspecified atom stereocenters. The van der Waals surface area contributed by atoms with Gasteiger partial charge in [0.2, 0.25) is 0 Å². The van der Waals surface area contributed by atoms with Crippen LogP contribution in [0.5, 0.6) is 0 Å². The fourth-order valence-electron chi connectivity index (χ4n) is 6.97. The lowest BCUT2D eigenvalue weighted by atomic mass is 9.71. The molecular weight excluding hydrogens is 500 g/mol. The second-order valence-electron chi connectivity index (χ2n) is 11.4. The minimum Gasteiger partial charge on any atom is -0.335 e. The van der Waals surface area contributed by atoms with E-state index in [0.29, 0.717) is 18.0 Å². The van der Waals surface area contributed by atoms with E-state index in [1.165, 1.54) is 4.90 Å². The fraction of sp³-hybridized carbons (Fsp3) is 0.556. The van der Waals surface area contributed by atoms with Crippen molar-refractivity contribution in [3.05, 3.63) is 65.0 Å². The number of fused-ring (bicyclic) bond motifs is 2. The zero-order valence-electron chi connectivity index (χ0n) is 21.1. The van der Waals surface area contributed by atoms with E-state index in [1.807, 2.05) is 13.0 Å². The minimum absolute atomic E-state index is 0.0175. The standard InChI is InChI=1S/C27H32F4N6O/c1-15-4-17(2-3-32-15)25-22-7-18-12-37(26(38)33-23(18)9-24(22)34-35-25)21-10-27(30,31)14-36(13-21)11-16-5-19(28)8-20(29)6-16/h2-6,8,18,21-25,34-35H,7,9-14H2,1H3,(H,33,38). The molecule has 0 spiro atoms. The highest BCUT2D eigenvalue weighted by Gasteiger charge is 2.50. The maximum absolute atomic E-state index is 14.9. The van der Waals surface area contributed by atoms with Crippen molar-refractivity contribution in [2.24, 2.45) is 11.8 Å². The number of aromatic nitrogens is 1.